The molecule has 1 nitrogen and oxygen atoms in total. The van der Waals surface area contributed by atoms with Gasteiger partial charge in [-0.15, -0.1) is 33.2 Å². The average molecular weight is 247 g/mol. The molecule has 0 aromatic heterocycles. The summed E-state index contributed by atoms with van der Waals surface area (Å²) in [5.41, 5.74) is 0. The van der Waals surface area contributed by atoms with Gasteiger partial charge in [-0.25, -0.2) is 0 Å². The van der Waals surface area contributed by atoms with Gasteiger partial charge in [0.25, 0.3) is 0 Å². The van der Waals surface area contributed by atoms with E-state index < -0.39 is 6.00 Å². The van der Waals surface area contributed by atoms with E-state index >= 15 is 0 Å². The van der Waals surface area contributed by atoms with Crippen LogP contribution in [0.1, 0.15) is 19.3 Å². The second-order valence-corrected chi connectivity index (χ2v) is 12.6. The first kappa shape index (κ1) is 11.1. The molecule has 5 heteroatoms. The molecule has 1 fully saturated rings. The van der Waals surface area contributed by atoms with Crippen LogP contribution in [0, 0.1) is 5.92 Å². The van der Waals surface area contributed by atoms with Crippen LogP contribution in [0.5, 0.6) is 0 Å². The number of rotatable bonds is 4. The van der Waals surface area contributed by atoms with Crippen LogP contribution < -0.4 is 5.32 Å². The van der Waals surface area contributed by atoms with E-state index in [-0.39, 0.29) is 0 Å². The van der Waals surface area contributed by atoms with Gasteiger partial charge in [-0.3, -0.25) is 0 Å². The molecular weight excluding hydrogens is 233 g/mol. The van der Waals surface area contributed by atoms with E-state index in [0.29, 0.717) is 0 Å². The highest BCUT2D eigenvalue weighted by Crippen LogP contribution is 2.28. The van der Waals surface area contributed by atoms with Crippen LogP contribution in [0.4, 0.5) is 0 Å². The fourth-order valence-electron chi connectivity index (χ4n) is 1.55. The highest BCUT2D eigenvalue weighted by molar-refractivity contribution is 7.64. The van der Waals surface area contributed by atoms with Gasteiger partial charge in [0.1, 0.15) is 0 Å². The van der Waals surface area contributed by atoms with Crippen molar-refractivity contribution in [2.45, 2.75) is 25.3 Å². The second kappa shape index (κ2) is 5.06. The third-order valence-electron chi connectivity index (χ3n) is 2.23. The lowest BCUT2D eigenvalue weighted by atomic mass is 10.0. The second-order valence-electron chi connectivity index (χ2n) is 3.37. The van der Waals surface area contributed by atoms with Crippen LogP contribution in [0.25, 0.3) is 0 Å². The van der Waals surface area contributed by atoms with Gasteiger partial charge in [0.2, 0.25) is 0 Å². The molecule has 1 unspecified atom stereocenters. The van der Waals surface area contributed by atoms with Gasteiger partial charge in [0.15, 0.2) is 0 Å². The molecule has 0 bridgehead atoms. The van der Waals surface area contributed by atoms with Crippen LogP contribution in [-0.4, -0.2) is 19.1 Å². The number of halogens is 3. The van der Waals surface area contributed by atoms with Gasteiger partial charge in [0, 0.05) is 0 Å². The molecule has 12 heavy (non-hydrogen) atoms. The minimum absolute atomic E-state index is 0.814. The Hall–Kier alpha value is 1.05. The molecule has 1 aliphatic heterocycles. The van der Waals surface area contributed by atoms with Crippen molar-refractivity contribution in [3.63, 3.8) is 0 Å². The van der Waals surface area contributed by atoms with Crippen LogP contribution in [-0.2, 0) is 0 Å². The Balaban J connectivity index is 2.02. The zero-order valence-electron chi connectivity index (χ0n) is 6.95. The normalized spacial score (nSPS) is 24.8. The minimum Gasteiger partial charge on any atom is -0.316 e. The van der Waals surface area contributed by atoms with E-state index in [2.05, 4.69) is 5.32 Å². The standard InChI is InChI=1S/C7H14Cl3NSi/c8-12(9,10)5-1-2-7-3-4-11-6-7/h7,11H,1-6H2. The van der Waals surface area contributed by atoms with Crippen molar-refractivity contribution in [2.75, 3.05) is 13.1 Å². The monoisotopic (exact) mass is 245 g/mol. The van der Waals surface area contributed by atoms with Crippen LogP contribution in [0.15, 0.2) is 0 Å². The molecule has 0 spiro atoms. The fourth-order valence-corrected chi connectivity index (χ4v) is 3.36. The smallest absolute Gasteiger partial charge is 0.316 e. The van der Waals surface area contributed by atoms with Gasteiger partial charge in [0.05, 0.1) is 0 Å². The van der Waals surface area contributed by atoms with Crippen molar-refractivity contribution in [2.24, 2.45) is 5.92 Å². The zero-order valence-corrected chi connectivity index (χ0v) is 10.2. The zero-order chi connectivity index (χ0) is 9.03. The van der Waals surface area contributed by atoms with Crippen molar-refractivity contribution >= 4 is 39.2 Å². The molecule has 0 aromatic carbocycles. The van der Waals surface area contributed by atoms with Crippen molar-refractivity contribution in [3.05, 3.63) is 0 Å². The summed E-state index contributed by atoms with van der Waals surface area (Å²) in [6, 6.07) is -1.52. The van der Waals surface area contributed by atoms with Gasteiger partial charge in [-0.2, -0.15) is 0 Å². The van der Waals surface area contributed by atoms with E-state index in [1.54, 1.807) is 0 Å². The summed E-state index contributed by atoms with van der Waals surface area (Å²) in [4.78, 5) is 0. The number of hydrogen-bond donors (Lipinski definition) is 1. The quantitative estimate of drug-likeness (QED) is 0.594. The number of hydrogen-bond acceptors (Lipinski definition) is 1. The average Bonchev–Trinajstić information content (AvgIpc) is 2.36. The molecule has 1 heterocycles. The molecule has 0 aliphatic carbocycles. The first-order chi connectivity index (χ1) is 5.58. The summed E-state index contributed by atoms with van der Waals surface area (Å²) < 4.78 is 0. The molecule has 1 atom stereocenters. The SMILES string of the molecule is Cl[Si](Cl)(Cl)CCCC1CCNC1. The van der Waals surface area contributed by atoms with Crippen LogP contribution in [0.2, 0.25) is 6.04 Å². The molecule has 0 saturated carbocycles. The highest BCUT2D eigenvalue weighted by atomic mass is 35.8. The lowest BCUT2D eigenvalue weighted by molar-refractivity contribution is 0.524. The maximum Gasteiger partial charge on any atom is 0.341 e. The lowest BCUT2D eigenvalue weighted by Gasteiger charge is -2.10. The lowest BCUT2D eigenvalue weighted by Crippen LogP contribution is -2.11. The van der Waals surface area contributed by atoms with Gasteiger partial charge in [-0.1, -0.05) is 6.42 Å². The molecule has 1 aliphatic rings. The van der Waals surface area contributed by atoms with Crippen molar-refractivity contribution in [1.82, 2.24) is 5.32 Å². The predicted octanol–water partition coefficient (Wildman–Crippen LogP) is 3.03. The molecule has 72 valence electrons. The number of nitrogens with one attached hydrogen (secondary N) is 1. The van der Waals surface area contributed by atoms with E-state index in [1.807, 2.05) is 0 Å². The topological polar surface area (TPSA) is 12.0 Å². The van der Waals surface area contributed by atoms with E-state index in [1.165, 1.54) is 12.8 Å². The molecule has 1 saturated heterocycles. The summed E-state index contributed by atoms with van der Waals surface area (Å²) in [6.45, 7) is 2.32. The summed E-state index contributed by atoms with van der Waals surface area (Å²) in [6.07, 6.45) is 3.59. The van der Waals surface area contributed by atoms with E-state index in [4.69, 9.17) is 33.2 Å². The maximum absolute atomic E-state index is 5.77. The molecule has 1 rings (SSSR count). The maximum atomic E-state index is 5.77. The summed E-state index contributed by atoms with van der Waals surface area (Å²) >= 11 is 17.3. The Morgan fingerprint density at radius 3 is 2.58 bits per heavy atom. The Bertz CT molecular complexity index is 131. The van der Waals surface area contributed by atoms with Crippen LogP contribution >= 0.6 is 33.2 Å². The fraction of sp³-hybridized carbons (Fsp3) is 1.00. The first-order valence-electron chi connectivity index (χ1n) is 4.35. The van der Waals surface area contributed by atoms with Gasteiger partial charge >= 0.3 is 6.00 Å². The third-order valence-corrected chi connectivity index (χ3v) is 4.86. The Morgan fingerprint density at radius 2 is 2.08 bits per heavy atom. The van der Waals surface area contributed by atoms with Gasteiger partial charge in [-0.05, 0) is 37.9 Å². The third kappa shape index (κ3) is 4.93. The summed E-state index contributed by atoms with van der Waals surface area (Å²) in [7, 11) is 0. The van der Waals surface area contributed by atoms with Crippen LogP contribution in [0.3, 0.4) is 0 Å². The van der Waals surface area contributed by atoms with Crippen molar-refractivity contribution in [3.8, 4) is 0 Å². The summed E-state index contributed by atoms with van der Waals surface area (Å²) in [5, 5.41) is 3.33. The van der Waals surface area contributed by atoms with E-state index in [9.17, 15) is 0 Å². The van der Waals surface area contributed by atoms with Gasteiger partial charge < -0.3 is 5.32 Å². The molecule has 1 N–H and O–H groups in total. The van der Waals surface area contributed by atoms with Crippen molar-refractivity contribution < 1.29 is 0 Å². The molecule has 0 amide bonds. The largest absolute Gasteiger partial charge is 0.341 e. The van der Waals surface area contributed by atoms with E-state index in [0.717, 1.165) is 31.5 Å². The van der Waals surface area contributed by atoms with Crippen molar-refractivity contribution in [1.29, 1.82) is 0 Å². The molecule has 0 radical (unpaired) electrons. The predicted molar refractivity (Wildman–Crippen MR) is 58.3 cm³/mol. The molecule has 0 aromatic rings. The Labute approximate surface area is 88.9 Å². The summed E-state index contributed by atoms with van der Waals surface area (Å²) in [5.74, 6) is 0.825. The highest BCUT2D eigenvalue weighted by Gasteiger charge is 2.25. The Kier molecular flexibility index (Phi) is 4.69. The Morgan fingerprint density at radius 1 is 1.33 bits per heavy atom. The molecular formula is C7H14Cl3NSi. The first-order valence-corrected chi connectivity index (χ1v) is 9.60. The minimum atomic E-state index is -2.33.